The van der Waals surface area contributed by atoms with Crippen LogP contribution in [0, 0.1) is 4.91 Å². The predicted molar refractivity (Wildman–Crippen MR) is 29.4 cm³/mol. The van der Waals surface area contributed by atoms with Gasteiger partial charge in [0.2, 0.25) is 0 Å². The molecule has 0 saturated heterocycles. The number of ether oxygens (including phenoxy) is 1. The lowest BCUT2D eigenvalue weighted by Crippen LogP contribution is -2.19. The van der Waals surface area contributed by atoms with Crippen molar-refractivity contribution in [3.63, 3.8) is 0 Å². The van der Waals surface area contributed by atoms with Crippen molar-refractivity contribution in [1.82, 2.24) is 0 Å². The first-order chi connectivity index (χ1) is 5.07. The average molecular weight is 161 g/mol. The fourth-order valence-corrected chi connectivity index (χ4v) is 0.215. The van der Waals surface area contributed by atoms with Gasteiger partial charge in [0.05, 0.1) is 0 Å². The molecule has 0 fully saturated rings. The number of carbonyl (C=O) groups excluding carboxylic acids is 2. The molecule has 0 aliphatic heterocycles. The van der Waals surface area contributed by atoms with Crippen molar-refractivity contribution in [3.8, 4) is 0 Å². The van der Waals surface area contributed by atoms with Crippen LogP contribution >= 0.6 is 0 Å². The minimum absolute atomic E-state index is 0.936. The number of carboxylic acid groups (broad SMARTS) is 1. The standard InChI is InChI=1S/C4H3NO6/c6-2(5-10)1-11-4(9)3(7)8/h1H2,(H,7,8). The first-order valence-electron chi connectivity index (χ1n) is 2.34. The molecule has 0 heterocycles. The molecule has 0 saturated carbocycles. The van der Waals surface area contributed by atoms with Crippen molar-refractivity contribution in [1.29, 1.82) is 0 Å². The number of hydrogen-bond acceptors (Lipinski definition) is 5. The molecule has 0 atom stereocenters. The molecule has 1 N–H and O–H groups in total. The highest BCUT2D eigenvalue weighted by Gasteiger charge is 2.14. The van der Waals surface area contributed by atoms with Crippen molar-refractivity contribution >= 4 is 17.8 Å². The van der Waals surface area contributed by atoms with E-state index in [1.807, 2.05) is 5.18 Å². The second kappa shape index (κ2) is 4.09. The first-order valence-corrected chi connectivity index (χ1v) is 2.34. The minimum atomic E-state index is -1.83. The van der Waals surface area contributed by atoms with Gasteiger partial charge in [-0.1, -0.05) is 0 Å². The Morgan fingerprint density at radius 3 is 2.27 bits per heavy atom. The van der Waals surface area contributed by atoms with Gasteiger partial charge in [-0.3, -0.25) is 4.79 Å². The predicted octanol–water partition coefficient (Wildman–Crippen LogP) is -1.09. The van der Waals surface area contributed by atoms with Gasteiger partial charge in [-0.25, -0.2) is 9.59 Å². The van der Waals surface area contributed by atoms with E-state index in [2.05, 4.69) is 4.74 Å². The van der Waals surface area contributed by atoms with Gasteiger partial charge < -0.3 is 9.84 Å². The molecule has 7 heteroatoms. The maximum absolute atomic E-state index is 10.0. The average Bonchev–Trinajstić information content (AvgIpc) is 1.99. The Bertz CT molecular complexity index is 209. The second-order valence-electron chi connectivity index (χ2n) is 1.37. The summed E-state index contributed by atoms with van der Waals surface area (Å²) in [6.07, 6.45) is 0. The Hall–Kier alpha value is -1.79. The quantitative estimate of drug-likeness (QED) is 0.313. The summed E-state index contributed by atoms with van der Waals surface area (Å²) in [5.41, 5.74) is 0. The first kappa shape index (κ1) is 9.21. The van der Waals surface area contributed by atoms with Crippen LogP contribution in [0.1, 0.15) is 0 Å². The van der Waals surface area contributed by atoms with Crippen LogP contribution in [0.3, 0.4) is 0 Å². The summed E-state index contributed by atoms with van der Waals surface area (Å²) in [6, 6.07) is 0. The molecule has 0 rings (SSSR count). The highest BCUT2D eigenvalue weighted by molar-refractivity contribution is 6.28. The zero-order valence-corrected chi connectivity index (χ0v) is 5.14. The molecule has 0 aliphatic carbocycles. The summed E-state index contributed by atoms with van der Waals surface area (Å²) in [6.45, 7) is -0.936. The van der Waals surface area contributed by atoms with Gasteiger partial charge in [0, 0.05) is 5.18 Å². The van der Waals surface area contributed by atoms with Gasteiger partial charge in [0.1, 0.15) is 0 Å². The van der Waals surface area contributed by atoms with E-state index in [-0.39, 0.29) is 0 Å². The number of hydrogen-bond donors (Lipinski definition) is 1. The summed E-state index contributed by atoms with van der Waals surface area (Å²) in [5, 5.41) is 9.73. The molecule has 0 aliphatic rings. The Morgan fingerprint density at radius 1 is 1.36 bits per heavy atom. The third kappa shape index (κ3) is 3.73. The molecule has 11 heavy (non-hydrogen) atoms. The molecule has 7 nitrogen and oxygen atoms in total. The largest absolute Gasteiger partial charge is 0.473 e. The fraction of sp³-hybridized carbons (Fsp3) is 0.250. The molecular formula is C4H3NO6. The van der Waals surface area contributed by atoms with Crippen LogP contribution in [-0.4, -0.2) is 29.6 Å². The third-order valence-corrected chi connectivity index (χ3v) is 0.603. The van der Waals surface area contributed by atoms with Crippen LogP contribution in [0.4, 0.5) is 0 Å². The molecule has 0 radical (unpaired) electrons. The van der Waals surface area contributed by atoms with Crippen LogP contribution in [0.15, 0.2) is 5.18 Å². The van der Waals surface area contributed by atoms with E-state index in [9.17, 15) is 19.3 Å². The summed E-state index contributed by atoms with van der Waals surface area (Å²) in [7, 11) is 0. The SMILES string of the molecule is O=NC(=O)COC(=O)C(=O)O. The number of nitrogens with zero attached hydrogens (tertiary/aromatic N) is 1. The minimum Gasteiger partial charge on any atom is -0.473 e. The van der Waals surface area contributed by atoms with Crippen molar-refractivity contribution in [3.05, 3.63) is 4.91 Å². The summed E-state index contributed by atoms with van der Waals surface area (Å²) in [5.74, 6) is -4.66. The lowest BCUT2D eigenvalue weighted by molar-refractivity contribution is -0.164. The zero-order chi connectivity index (χ0) is 8.85. The van der Waals surface area contributed by atoms with Crippen LogP contribution in [0.5, 0.6) is 0 Å². The monoisotopic (exact) mass is 161 g/mol. The summed E-state index contributed by atoms with van der Waals surface area (Å²) in [4.78, 5) is 39.1. The van der Waals surface area contributed by atoms with Crippen LogP contribution in [0.2, 0.25) is 0 Å². The maximum atomic E-state index is 10.0. The number of amides is 1. The topological polar surface area (TPSA) is 110 Å². The van der Waals surface area contributed by atoms with Crippen LogP contribution < -0.4 is 0 Å². The number of rotatable bonds is 2. The Labute approximate surface area is 59.9 Å². The van der Waals surface area contributed by atoms with E-state index in [1.54, 1.807) is 0 Å². The normalized spacial score (nSPS) is 8.36. The number of carboxylic acids is 1. The van der Waals surface area contributed by atoms with E-state index in [4.69, 9.17) is 5.11 Å². The number of esters is 1. The lowest BCUT2D eigenvalue weighted by atomic mass is 10.6. The highest BCUT2D eigenvalue weighted by Crippen LogP contribution is 1.80. The van der Waals surface area contributed by atoms with E-state index in [0.29, 0.717) is 0 Å². The molecule has 0 bridgehead atoms. The Balaban J connectivity index is 3.71. The van der Waals surface area contributed by atoms with E-state index in [1.165, 1.54) is 0 Å². The molecule has 60 valence electrons. The second-order valence-corrected chi connectivity index (χ2v) is 1.37. The van der Waals surface area contributed by atoms with Gasteiger partial charge in [0.25, 0.3) is 0 Å². The third-order valence-electron chi connectivity index (χ3n) is 0.603. The Kier molecular flexibility index (Phi) is 3.43. The van der Waals surface area contributed by atoms with Crippen molar-refractivity contribution in [2.45, 2.75) is 0 Å². The van der Waals surface area contributed by atoms with Gasteiger partial charge in [-0.15, -0.1) is 4.91 Å². The molecule has 0 aromatic rings. The van der Waals surface area contributed by atoms with Crippen molar-refractivity contribution in [2.75, 3.05) is 6.61 Å². The summed E-state index contributed by atoms with van der Waals surface area (Å²) >= 11 is 0. The molecule has 0 aromatic heterocycles. The summed E-state index contributed by atoms with van der Waals surface area (Å²) < 4.78 is 3.77. The molecule has 0 aromatic carbocycles. The lowest BCUT2D eigenvalue weighted by Gasteiger charge is -1.93. The fourth-order valence-electron chi connectivity index (χ4n) is 0.215. The van der Waals surface area contributed by atoms with Gasteiger partial charge in [-0.2, -0.15) is 0 Å². The van der Waals surface area contributed by atoms with Crippen molar-refractivity contribution in [2.24, 2.45) is 5.18 Å². The van der Waals surface area contributed by atoms with E-state index >= 15 is 0 Å². The van der Waals surface area contributed by atoms with Gasteiger partial charge >= 0.3 is 17.8 Å². The van der Waals surface area contributed by atoms with Crippen LogP contribution in [0.25, 0.3) is 0 Å². The smallest absolute Gasteiger partial charge is 0.417 e. The maximum Gasteiger partial charge on any atom is 0.417 e. The number of nitroso groups, excluding NO2 is 1. The molecular weight excluding hydrogens is 158 g/mol. The van der Waals surface area contributed by atoms with Crippen LogP contribution in [-0.2, 0) is 19.1 Å². The van der Waals surface area contributed by atoms with Crippen molar-refractivity contribution < 1.29 is 24.2 Å². The van der Waals surface area contributed by atoms with Gasteiger partial charge in [-0.05, 0) is 0 Å². The highest BCUT2D eigenvalue weighted by atomic mass is 16.6. The molecule has 1 amide bonds. The Morgan fingerprint density at radius 2 is 1.91 bits per heavy atom. The van der Waals surface area contributed by atoms with E-state index in [0.717, 1.165) is 0 Å². The molecule has 0 unspecified atom stereocenters. The zero-order valence-electron chi connectivity index (χ0n) is 5.14. The number of carbonyl (C=O) groups is 3. The molecule has 0 spiro atoms. The van der Waals surface area contributed by atoms with Gasteiger partial charge in [0.15, 0.2) is 6.61 Å². The number of aliphatic carboxylic acids is 1. The van der Waals surface area contributed by atoms with E-state index < -0.39 is 24.5 Å².